The first-order valence-corrected chi connectivity index (χ1v) is 9.64. The van der Waals surface area contributed by atoms with Crippen molar-refractivity contribution in [2.75, 3.05) is 0 Å². The average molecular weight is 336 g/mol. The summed E-state index contributed by atoms with van der Waals surface area (Å²) in [6.45, 7) is 2.10. The van der Waals surface area contributed by atoms with Crippen molar-refractivity contribution >= 4 is 5.97 Å². The molecule has 0 unspecified atom stereocenters. The summed E-state index contributed by atoms with van der Waals surface area (Å²) in [5.74, 6) is 1.22. The summed E-state index contributed by atoms with van der Waals surface area (Å²) in [4.78, 5) is 12.2. The first kappa shape index (κ1) is 17.7. The SMILES string of the molecule is CCc1ccc(C(=O)Oc2ccc(CCC3CCCCC3)cc2)cc1. The number of hydrogen-bond acceptors (Lipinski definition) is 2. The number of hydrogen-bond donors (Lipinski definition) is 0. The van der Waals surface area contributed by atoms with Crippen LogP contribution in [-0.4, -0.2) is 5.97 Å². The second kappa shape index (κ2) is 8.84. The van der Waals surface area contributed by atoms with E-state index in [1.54, 1.807) is 0 Å². The number of aryl methyl sites for hydroxylation is 2. The molecule has 0 aromatic heterocycles. The largest absolute Gasteiger partial charge is 0.423 e. The van der Waals surface area contributed by atoms with Crippen LogP contribution in [0.25, 0.3) is 0 Å². The lowest BCUT2D eigenvalue weighted by molar-refractivity contribution is 0.0734. The number of carbonyl (C=O) groups excluding carboxylic acids is 1. The summed E-state index contributed by atoms with van der Waals surface area (Å²) in [6.07, 6.45) is 10.4. The van der Waals surface area contributed by atoms with Gasteiger partial charge in [0.25, 0.3) is 0 Å². The van der Waals surface area contributed by atoms with Crippen molar-refractivity contribution in [1.29, 1.82) is 0 Å². The minimum atomic E-state index is -0.294. The summed E-state index contributed by atoms with van der Waals surface area (Å²) in [5.41, 5.74) is 3.15. The fourth-order valence-corrected chi connectivity index (χ4v) is 3.61. The third kappa shape index (κ3) is 5.19. The Morgan fingerprint density at radius 2 is 1.56 bits per heavy atom. The summed E-state index contributed by atoms with van der Waals surface area (Å²) in [5, 5.41) is 0. The molecular formula is C23H28O2. The molecule has 0 N–H and O–H groups in total. The lowest BCUT2D eigenvalue weighted by atomic mass is 9.85. The van der Waals surface area contributed by atoms with Gasteiger partial charge in [-0.05, 0) is 60.6 Å². The van der Waals surface area contributed by atoms with Crippen molar-refractivity contribution in [3.8, 4) is 5.75 Å². The van der Waals surface area contributed by atoms with Crippen molar-refractivity contribution in [1.82, 2.24) is 0 Å². The molecule has 132 valence electrons. The van der Waals surface area contributed by atoms with Gasteiger partial charge >= 0.3 is 5.97 Å². The molecule has 0 amide bonds. The van der Waals surface area contributed by atoms with Gasteiger partial charge < -0.3 is 4.74 Å². The fraction of sp³-hybridized carbons (Fsp3) is 0.435. The molecule has 1 aliphatic rings. The van der Waals surface area contributed by atoms with E-state index >= 15 is 0 Å². The molecule has 2 aromatic carbocycles. The van der Waals surface area contributed by atoms with Crippen LogP contribution in [0.2, 0.25) is 0 Å². The summed E-state index contributed by atoms with van der Waals surface area (Å²) >= 11 is 0. The topological polar surface area (TPSA) is 26.3 Å². The zero-order valence-electron chi connectivity index (χ0n) is 15.2. The van der Waals surface area contributed by atoms with Gasteiger partial charge in [0, 0.05) is 0 Å². The molecule has 0 bridgehead atoms. The van der Waals surface area contributed by atoms with E-state index in [2.05, 4.69) is 19.1 Å². The summed E-state index contributed by atoms with van der Waals surface area (Å²) in [7, 11) is 0. The highest BCUT2D eigenvalue weighted by atomic mass is 16.5. The minimum absolute atomic E-state index is 0.294. The van der Waals surface area contributed by atoms with E-state index in [1.807, 2.05) is 36.4 Å². The predicted octanol–water partition coefficient (Wildman–Crippen LogP) is 5.98. The van der Waals surface area contributed by atoms with Gasteiger partial charge in [-0.25, -0.2) is 4.79 Å². The van der Waals surface area contributed by atoms with Crippen molar-refractivity contribution in [3.05, 3.63) is 65.2 Å². The Labute approximate surface area is 151 Å². The first-order valence-electron chi connectivity index (χ1n) is 9.64. The van der Waals surface area contributed by atoms with Crippen LogP contribution in [-0.2, 0) is 12.8 Å². The molecule has 1 aliphatic carbocycles. The maximum absolute atomic E-state index is 12.2. The summed E-state index contributed by atoms with van der Waals surface area (Å²) < 4.78 is 5.48. The second-order valence-electron chi connectivity index (χ2n) is 7.13. The number of rotatable bonds is 6. The molecule has 2 nitrogen and oxygen atoms in total. The Hall–Kier alpha value is -2.09. The first-order chi connectivity index (χ1) is 12.2. The lowest BCUT2D eigenvalue weighted by Crippen LogP contribution is -2.09. The molecule has 0 atom stereocenters. The van der Waals surface area contributed by atoms with E-state index in [-0.39, 0.29) is 5.97 Å². The van der Waals surface area contributed by atoms with Gasteiger partial charge in [0.15, 0.2) is 0 Å². The number of esters is 1. The van der Waals surface area contributed by atoms with Crippen molar-refractivity contribution in [2.45, 2.75) is 58.3 Å². The zero-order chi connectivity index (χ0) is 17.5. The van der Waals surface area contributed by atoms with Crippen LogP contribution in [0, 0.1) is 5.92 Å². The Bertz CT molecular complexity index is 664. The predicted molar refractivity (Wildman–Crippen MR) is 102 cm³/mol. The fourth-order valence-electron chi connectivity index (χ4n) is 3.61. The van der Waals surface area contributed by atoms with Crippen LogP contribution in [0.4, 0.5) is 0 Å². The van der Waals surface area contributed by atoms with Crippen molar-refractivity contribution in [2.24, 2.45) is 5.92 Å². The summed E-state index contributed by atoms with van der Waals surface area (Å²) in [6, 6.07) is 15.6. The van der Waals surface area contributed by atoms with Crippen LogP contribution in [0.5, 0.6) is 5.75 Å². The van der Waals surface area contributed by atoms with Gasteiger partial charge in [-0.3, -0.25) is 0 Å². The van der Waals surface area contributed by atoms with Gasteiger partial charge in [-0.15, -0.1) is 0 Å². The third-order valence-electron chi connectivity index (χ3n) is 5.30. The molecule has 2 aromatic rings. The molecule has 2 heteroatoms. The highest BCUT2D eigenvalue weighted by molar-refractivity contribution is 5.91. The Balaban J connectivity index is 1.51. The van der Waals surface area contributed by atoms with E-state index in [1.165, 1.54) is 49.7 Å². The minimum Gasteiger partial charge on any atom is -0.423 e. The van der Waals surface area contributed by atoms with E-state index in [0.29, 0.717) is 11.3 Å². The lowest BCUT2D eigenvalue weighted by Gasteiger charge is -2.21. The standard InChI is InChI=1S/C23H28O2/c1-2-18-10-14-21(15-11-18)23(24)25-22-16-12-20(13-17-22)9-8-19-6-4-3-5-7-19/h10-17,19H,2-9H2,1H3. The van der Waals surface area contributed by atoms with Gasteiger partial charge in [0.05, 0.1) is 5.56 Å². The van der Waals surface area contributed by atoms with Gasteiger partial charge in [0.2, 0.25) is 0 Å². The molecule has 0 saturated heterocycles. The molecule has 3 rings (SSSR count). The molecule has 0 heterocycles. The maximum atomic E-state index is 12.2. The molecule has 1 saturated carbocycles. The van der Waals surface area contributed by atoms with E-state index in [9.17, 15) is 4.79 Å². The highest BCUT2D eigenvalue weighted by Gasteiger charge is 2.13. The Morgan fingerprint density at radius 1 is 0.920 bits per heavy atom. The van der Waals surface area contributed by atoms with E-state index < -0.39 is 0 Å². The normalized spacial score (nSPS) is 15.1. The van der Waals surface area contributed by atoms with Crippen LogP contribution in [0.15, 0.2) is 48.5 Å². The molecular weight excluding hydrogens is 308 g/mol. The smallest absolute Gasteiger partial charge is 0.343 e. The van der Waals surface area contributed by atoms with E-state index in [0.717, 1.165) is 18.8 Å². The molecule has 0 aliphatic heterocycles. The maximum Gasteiger partial charge on any atom is 0.343 e. The van der Waals surface area contributed by atoms with Crippen molar-refractivity contribution < 1.29 is 9.53 Å². The average Bonchev–Trinajstić information content (AvgIpc) is 2.68. The van der Waals surface area contributed by atoms with Gasteiger partial charge in [0.1, 0.15) is 5.75 Å². The zero-order valence-corrected chi connectivity index (χ0v) is 15.2. The van der Waals surface area contributed by atoms with Gasteiger partial charge in [-0.2, -0.15) is 0 Å². The number of carbonyl (C=O) groups is 1. The molecule has 1 fully saturated rings. The molecule has 25 heavy (non-hydrogen) atoms. The van der Waals surface area contributed by atoms with Crippen LogP contribution in [0.3, 0.4) is 0 Å². The van der Waals surface area contributed by atoms with Gasteiger partial charge in [-0.1, -0.05) is 63.3 Å². The van der Waals surface area contributed by atoms with Crippen LogP contribution in [0.1, 0.15) is 66.9 Å². The third-order valence-corrected chi connectivity index (χ3v) is 5.30. The van der Waals surface area contributed by atoms with Crippen molar-refractivity contribution in [3.63, 3.8) is 0 Å². The molecule has 0 radical (unpaired) electrons. The monoisotopic (exact) mass is 336 g/mol. The van der Waals surface area contributed by atoms with E-state index in [4.69, 9.17) is 4.74 Å². The number of benzene rings is 2. The highest BCUT2D eigenvalue weighted by Crippen LogP contribution is 2.27. The quantitative estimate of drug-likeness (QED) is 0.479. The van der Waals surface area contributed by atoms with Crippen LogP contribution >= 0.6 is 0 Å². The van der Waals surface area contributed by atoms with Crippen LogP contribution < -0.4 is 4.74 Å². The number of ether oxygens (including phenoxy) is 1. The molecule has 0 spiro atoms. The second-order valence-corrected chi connectivity index (χ2v) is 7.13. The Kier molecular flexibility index (Phi) is 6.27. The Morgan fingerprint density at radius 3 is 2.20 bits per heavy atom.